The van der Waals surface area contributed by atoms with E-state index in [2.05, 4.69) is 0 Å². The Bertz CT molecular complexity index is 797. The smallest absolute Gasteiger partial charge is 0.244 e. The molecule has 0 atom stereocenters. The predicted molar refractivity (Wildman–Crippen MR) is 94.0 cm³/mol. The van der Waals surface area contributed by atoms with Crippen LogP contribution < -0.4 is 0 Å². The van der Waals surface area contributed by atoms with E-state index in [1.54, 1.807) is 30.3 Å². The Morgan fingerprint density at radius 1 is 1.04 bits per heavy atom. The molecule has 0 saturated carbocycles. The van der Waals surface area contributed by atoms with E-state index in [0.29, 0.717) is 12.1 Å². The van der Waals surface area contributed by atoms with Crippen molar-refractivity contribution in [3.05, 3.63) is 64.9 Å². The number of nitrogens with zero attached hydrogens (tertiary/aromatic N) is 2. The molecule has 2 rings (SSSR count). The average Bonchev–Trinajstić information content (AvgIpc) is 2.51. The van der Waals surface area contributed by atoms with Gasteiger partial charge in [-0.05, 0) is 43.9 Å². The Hall–Kier alpha value is -1.47. The van der Waals surface area contributed by atoms with Crippen LogP contribution in [-0.4, -0.2) is 44.8 Å². The summed E-state index contributed by atoms with van der Waals surface area (Å²) < 4.78 is 40.7. The molecule has 0 spiro atoms. The third-order valence-corrected chi connectivity index (χ3v) is 5.84. The highest BCUT2D eigenvalue weighted by Crippen LogP contribution is 2.25. The molecule has 24 heavy (non-hydrogen) atoms. The van der Waals surface area contributed by atoms with Gasteiger partial charge in [0.15, 0.2) is 0 Å². The summed E-state index contributed by atoms with van der Waals surface area (Å²) >= 11 is 6.07. The van der Waals surface area contributed by atoms with Gasteiger partial charge in [0.1, 0.15) is 10.7 Å². The molecule has 0 saturated heterocycles. The van der Waals surface area contributed by atoms with Crippen LogP contribution in [0.5, 0.6) is 0 Å². The lowest BCUT2D eigenvalue weighted by molar-refractivity contribution is 0.329. The zero-order chi connectivity index (χ0) is 17.7. The minimum absolute atomic E-state index is 0.0572. The molecule has 7 heteroatoms. The van der Waals surface area contributed by atoms with Gasteiger partial charge in [0.2, 0.25) is 10.0 Å². The number of benzene rings is 2. The van der Waals surface area contributed by atoms with Gasteiger partial charge in [0.25, 0.3) is 0 Å². The van der Waals surface area contributed by atoms with Gasteiger partial charge in [-0.3, -0.25) is 0 Å². The van der Waals surface area contributed by atoms with Crippen LogP contribution in [0.3, 0.4) is 0 Å². The summed E-state index contributed by atoms with van der Waals surface area (Å²) in [7, 11) is -0.0590. The summed E-state index contributed by atoms with van der Waals surface area (Å²) in [5, 5.41) is 0.173. The molecular weight excluding hydrogens is 351 g/mol. The molecule has 0 bridgehead atoms. The van der Waals surface area contributed by atoms with Crippen LogP contribution in [0.1, 0.15) is 5.56 Å². The average molecular weight is 371 g/mol. The van der Waals surface area contributed by atoms with E-state index in [4.69, 9.17) is 11.6 Å². The van der Waals surface area contributed by atoms with Gasteiger partial charge < -0.3 is 4.90 Å². The molecule has 2 aromatic carbocycles. The van der Waals surface area contributed by atoms with Gasteiger partial charge in [-0.15, -0.1) is 0 Å². The first-order valence-electron chi connectivity index (χ1n) is 7.44. The molecular formula is C17H20ClFN2O2S. The largest absolute Gasteiger partial charge is 0.308 e. The molecule has 0 aliphatic heterocycles. The topological polar surface area (TPSA) is 40.6 Å². The van der Waals surface area contributed by atoms with Crippen LogP contribution in [0, 0.1) is 5.82 Å². The highest BCUT2D eigenvalue weighted by molar-refractivity contribution is 7.89. The first-order chi connectivity index (χ1) is 11.3. The fraction of sp³-hybridized carbons (Fsp3) is 0.294. The van der Waals surface area contributed by atoms with Gasteiger partial charge in [-0.2, -0.15) is 4.31 Å². The molecule has 0 heterocycles. The number of hydrogen-bond acceptors (Lipinski definition) is 3. The quantitative estimate of drug-likeness (QED) is 0.751. The minimum Gasteiger partial charge on any atom is -0.308 e. The Kier molecular flexibility index (Phi) is 6.34. The Balaban J connectivity index is 2.36. The van der Waals surface area contributed by atoms with Crippen LogP contribution in [0.4, 0.5) is 4.39 Å². The van der Waals surface area contributed by atoms with E-state index in [0.717, 1.165) is 0 Å². The fourth-order valence-electron chi connectivity index (χ4n) is 2.23. The molecule has 130 valence electrons. The van der Waals surface area contributed by atoms with Gasteiger partial charge in [0.05, 0.1) is 5.02 Å². The van der Waals surface area contributed by atoms with Crippen molar-refractivity contribution >= 4 is 21.6 Å². The monoisotopic (exact) mass is 370 g/mol. The second-order valence-electron chi connectivity index (χ2n) is 5.70. The van der Waals surface area contributed by atoms with Gasteiger partial charge >= 0.3 is 0 Å². The highest BCUT2D eigenvalue weighted by Gasteiger charge is 2.26. The molecule has 0 aromatic heterocycles. The maximum absolute atomic E-state index is 13.4. The fourth-order valence-corrected chi connectivity index (χ4v) is 4.14. The molecule has 0 N–H and O–H groups in total. The van der Waals surface area contributed by atoms with Crippen molar-refractivity contribution in [3.63, 3.8) is 0 Å². The molecule has 4 nitrogen and oxygen atoms in total. The van der Waals surface area contributed by atoms with Crippen LogP contribution in [0.2, 0.25) is 5.02 Å². The summed E-state index contributed by atoms with van der Waals surface area (Å²) in [6, 6.07) is 12.3. The van der Waals surface area contributed by atoms with Gasteiger partial charge in [-0.1, -0.05) is 35.9 Å². The Labute approximate surface area is 147 Å². The van der Waals surface area contributed by atoms with Gasteiger partial charge in [-0.25, -0.2) is 12.8 Å². The lowest BCUT2D eigenvalue weighted by Crippen LogP contribution is -2.36. The van der Waals surface area contributed by atoms with Crippen molar-refractivity contribution in [1.29, 1.82) is 0 Å². The maximum atomic E-state index is 13.4. The van der Waals surface area contributed by atoms with Gasteiger partial charge in [0, 0.05) is 19.6 Å². The van der Waals surface area contributed by atoms with Crippen LogP contribution >= 0.6 is 11.6 Å². The summed E-state index contributed by atoms with van der Waals surface area (Å²) in [6.45, 7) is 0.898. The number of sulfonamides is 1. The normalized spacial score (nSPS) is 12.1. The van der Waals surface area contributed by atoms with Crippen molar-refractivity contribution in [1.82, 2.24) is 9.21 Å². The lowest BCUT2D eigenvalue weighted by Gasteiger charge is -2.24. The molecule has 0 aliphatic rings. The third kappa shape index (κ3) is 4.77. The zero-order valence-corrected chi connectivity index (χ0v) is 15.2. The molecule has 0 unspecified atom stereocenters. The predicted octanol–water partition coefficient (Wildman–Crippen LogP) is 3.23. The zero-order valence-electron chi connectivity index (χ0n) is 13.6. The third-order valence-electron chi connectivity index (χ3n) is 3.50. The summed E-state index contributed by atoms with van der Waals surface area (Å²) in [5.41, 5.74) is 0.587. The summed E-state index contributed by atoms with van der Waals surface area (Å²) in [4.78, 5) is 1.95. The van der Waals surface area contributed by atoms with Crippen LogP contribution in [0.15, 0.2) is 53.4 Å². The van der Waals surface area contributed by atoms with E-state index >= 15 is 0 Å². The minimum atomic E-state index is -3.79. The maximum Gasteiger partial charge on any atom is 0.244 e. The van der Waals surface area contributed by atoms with Crippen molar-refractivity contribution in [3.8, 4) is 0 Å². The van der Waals surface area contributed by atoms with Crippen molar-refractivity contribution in [2.45, 2.75) is 11.4 Å². The standard InChI is InChI=1S/C17H20ClFN2O2S/c1-20(2)10-11-21(13-14-6-5-7-15(19)12-14)24(22,23)17-9-4-3-8-16(17)18/h3-9,12H,10-11,13H2,1-2H3. The molecule has 2 aromatic rings. The van der Waals surface area contributed by atoms with E-state index in [9.17, 15) is 12.8 Å². The second kappa shape index (κ2) is 8.07. The summed E-state index contributed by atoms with van der Waals surface area (Å²) in [6.07, 6.45) is 0. The summed E-state index contributed by atoms with van der Waals surface area (Å²) in [5.74, 6) is -0.393. The van der Waals surface area contributed by atoms with Crippen molar-refractivity contribution < 1.29 is 12.8 Å². The van der Waals surface area contributed by atoms with Crippen molar-refractivity contribution in [2.75, 3.05) is 27.2 Å². The van der Waals surface area contributed by atoms with E-state index < -0.39 is 15.8 Å². The second-order valence-corrected chi connectivity index (χ2v) is 8.02. The molecule has 0 radical (unpaired) electrons. The first kappa shape index (κ1) is 18.9. The molecule has 0 fully saturated rings. The van der Waals surface area contributed by atoms with Crippen LogP contribution in [-0.2, 0) is 16.6 Å². The SMILES string of the molecule is CN(C)CCN(Cc1cccc(F)c1)S(=O)(=O)c1ccccc1Cl. The first-order valence-corrected chi connectivity index (χ1v) is 9.26. The van der Waals surface area contributed by atoms with Crippen LogP contribution in [0.25, 0.3) is 0 Å². The Morgan fingerprint density at radius 2 is 1.75 bits per heavy atom. The number of hydrogen-bond donors (Lipinski definition) is 0. The molecule has 0 amide bonds. The van der Waals surface area contributed by atoms with E-state index in [1.807, 2.05) is 19.0 Å². The van der Waals surface area contributed by atoms with E-state index in [-0.39, 0.29) is 23.0 Å². The number of rotatable bonds is 7. The number of likely N-dealkylation sites (N-methyl/N-ethyl adjacent to an activating group) is 1. The van der Waals surface area contributed by atoms with E-state index in [1.165, 1.54) is 22.5 Å². The highest BCUT2D eigenvalue weighted by atomic mass is 35.5. The lowest BCUT2D eigenvalue weighted by atomic mass is 10.2. The Morgan fingerprint density at radius 3 is 2.38 bits per heavy atom. The number of halogens is 2. The molecule has 0 aliphatic carbocycles. The van der Waals surface area contributed by atoms with Crippen molar-refractivity contribution in [2.24, 2.45) is 0 Å².